The van der Waals surface area contributed by atoms with Gasteiger partial charge in [0.2, 0.25) is 0 Å². The molecule has 2 atom stereocenters. The van der Waals surface area contributed by atoms with Gasteiger partial charge in [0.1, 0.15) is 0 Å². The first-order valence-electron chi connectivity index (χ1n) is 6.25. The van der Waals surface area contributed by atoms with Crippen LogP contribution in [-0.4, -0.2) is 18.2 Å². The third-order valence-corrected chi connectivity index (χ3v) is 1.74. The third-order valence-electron chi connectivity index (χ3n) is 1.74. The van der Waals surface area contributed by atoms with Gasteiger partial charge in [-0.2, -0.15) is 0 Å². The SMILES string of the molecule is [2H]c1c([2H])c([2H])c([C@@H](O)[C@H](C)NC)c([2H])c1[2H]. The molecule has 66 valence electrons. The van der Waals surface area contributed by atoms with Crippen molar-refractivity contribution in [2.24, 2.45) is 0 Å². The van der Waals surface area contributed by atoms with E-state index < -0.39 is 30.3 Å². The molecule has 2 heteroatoms. The van der Waals surface area contributed by atoms with E-state index in [1.165, 1.54) is 0 Å². The van der Waals surface area contributed by atoms with Crippen molar-refractivity contribution in [1.82, 2.24) is 5.32 Å². The molecule has 12 heavy (non-hydrogen) atoms. The van der Waals surface area contributed by atoms with Crippen LogP contribution < -0.4 is 5.32 Å². The fraction of sp³-hybridized carbons (Fsp3) is 0.400. The Balaban J connectivity index is 3.44. The van der Waals surface area contributed by atoms with Crippen LogP contribution in [0.2, 0.25) is 0 Å². The Morgan fingerprint density at radius 1 is 1.42 bits per heavy atom. The summed E-state index contributed by atoms with van der Waals surface area (Å²) in [6, 6.07) is -2.42. The summed E-state index contributed by atoms with van der Waals surface area (Å²) < 4.78 is 37.8. The molecular weight excluding hydrogens is 150 g/mol. The number of hydrogen-bond acceptors (Lipinski definition) is 2. The lowest BCUT2D eigenvalue weighted by Gasteiger charge is -2.17. The van der Waals surface area contributed by atoms with E-state index in [0.29, 0.717) is 0 Å². The normalized spacial score (nSPS) is 21.4. The number of aliphatic hydroxyl groups excluding tert-OH is 1. The van der Waals surface area contributed by atoms with Gasteiger partial charge in [-0.05, 0) is 19.5 Å². The van der Waals surface area contributed by atoms with Crippen molar-refractivity contribution in [3.8, 4) is 0 Å². The van der Waals surface area contributed by atoms with Gasteiger partial charge in [-0.1, -0.05) is 30.2 Å². The average molecular weight is 170 g/mol. The minimum atomic E-state index is -1.14. The topological polar surface area (TPSA) is 32.3 Å². The zero-order valence-electron chi connectivity index (χ0n) is 12.1. The van der Waals surface area contributed by atoms with Gasteiger partial charge in [0.05, 0.1) is 13.0 Å². The van der Waals surface area contributed by atoms with Gasteiger partial charge < -0.3 is 10.4 Å². The second kappa shape index (κ2) is 4.24. The summed E-state index contributed by atoms with van der Waals surface area (Å²) in [6.45, 7) is 1.67. The molecule has 1 aromatic carbocycles. The van der Waals surface area contributed by atoms with E-state index in [1.54, 1.807) is 14.0 Å². The summed E-state index contributed by atoms with van der Waals surface area (Å²) in [4.78, 5) is 0. The molecule has 0 aliphatic heterocycles. The van der Waals surface area contributed by atoms with Crippen LogP contribution in [0.1, 0.15) is 25.4 Å². The monoisotopic (exact) mass is 170 g/mol. The molecule has 0 aliphatic carbocycles. The van der Waals surface area contributed by atoms with E-state index in [1.807, 2.05) is 0 Å². The van der Waals surface area contributed by atoms with Crippen LogP contribution in [0.4, 0.5) is 0 Å². The van der Waals surface area contributed by atoms with Crippen molar-refractivity contribution >= 4 is 0 Å². The second-order valence-corrected chi connectivity index (χ2v) is 2.56. The molecule has 0 radical (unpaired) electrons. The highest BCUT2D eigenvalue weighted by Gasteiger charge is 2.12. The molecule has 0 amide bonds. The van der Waals surface area contributed by atoms with Crippen LogP contribution in [0.5, 0.6) is 0 Å². The number of nitrogens with one attached hydrogen (secondary N) is 1. The Labute approximate surface area is 80.3 Å². The lowest BCUT2D eigenvalue weighted by molar-refractivity contribution is 0.140. The molecule has 0 fully saturated rings. The highest BCUT2D eigenvalue weighted by atomic mass is 16.3. The van der Waals surface area contributed by atoms with Crippen LogP contribution in [0, 0.1) is 0 Å². The predicted octanol–water partition coefficient (Wildman–Crippen LogP) is 1.33. The smallest absolute Gasteiger partial charge is 0.0940 e. The van der Waals surface area contributed by atoms with Crippen LogP contribution in [0.25, 0.3) is 0 Å². The minimum absolute atomic E-state index is 0.0714. The molecule has 0 spiro atoms. The molecule has 2 N–H and O–H groups in total. The van der Waals surface area contributed by atoms with Crippen molar-refractivity contribution in [3.05, 3.63) is 35.8 Å². The van der Waals surface area contributed by atoms with Gasteiger partial charge in [0.25, 0.3) is 0 Å². The van der Waals surface area contributed by atoms with E-state index in [0.717, 1.165) is 0 Å². The van der Waals surface area contributed by atoms with Crippen molar-refractivity contribution in [1.29, 1.82) is 0 Å². The Morgan fingerprint density at radius 3 is 2.50 bits per heavy atom. The zero-order valence-corrected chi connectivity index (χ0v) is 7.10. The van der Waals surface area contributed by atoms with E-state index >= 15 is 0 Å². The summed E-state index contributed by atoms with van der Waals surface area (Å²) in [6.07, 6.45) is -1.14. The Bertz CT molecular complexity index is 408. The Morgan fingerprint density at radius 2 is 2.00 bits per heavy atom. The summed E-state index contributed by atoms with van der Waals surface area (Å²) in [5.74, 6) is 0. The number of benzene rings is 1. The van der Waals surface area contributed by atoms with E-state index in [-0.39, 0.29) is 17.6 Å². The van der Waals surface area contributed by atoms with Crippen molar-refractivity contribution < 1.29 is 12.0 Å². The van der Waals surface area contributed by atoms with Gasteiger partial charge in [-0.25, -0.2) is 0 Å². The predicted molar refractivity (Wildman–Crippen MR) is 49.9 cm³/mol. The molecule has 0 aliphatic rings. The fourth-order valence-corrected chi connectivity index (χ4v) is 0.815. The maximum absolute atomic E-state index is 9.96. The summed E-state index contributed by atoms with van der Waals surface area (Å²) >= 11 is 0. The number of aliphatic hydroxyl groups is 1. The highest BCUT2D eigenvalue weighted by molar-refractivity contribution is 5.18. The highest BCUT2D eigenvalue weighted by Crippen LogP contribution is 2.15. The third kappa shape index (κ3) is 2.06. The first kappa shape index (κ1) is 4.40. The number of rotatable bonds is 3. The maximum Gasteiger partial charge on any atom is 0.0940 e. The first-order valence-corrected chi connectivity index (χ1v) is 3.75. The number of hydrogen-bond donors (Lipinski definition) is 2. The quantitative estimate of drug-likeness (QED) is 0.717. The van der Waals surface area contributed by atoms with E-state index in [2.05, 4.69) is 5.32 Å². The minimum Gasteiger partial charge on any atom is -0.387 e. The molecular formula is C10H15NO. The lowest BCUT2D eigenvalue weighted by Crippen LogP contribution is -2.28. The first-order chi connectivity index (χ1) is 7.82. The van der Waals surface area contributed by atoms with Crippen LogP contribution in [-0.2, 0) is 0 Å². The Hall–Kier alpha value is -0.860. The number of likely N-dealkylation sites (N-methyl/N-ethyl adjacent to an activating group) is 1. The summed E-state index contributed by atoms with van der Waals surface area (Å²) in [7, 11) is 1.63. The molecule has 1 rings (SSSR count). The average Bonchev–Trinajstić information content (AvgIpc) is 2.32. The van der Waals surface area contributed by atoms with E-state index in [9.17, 15) is 5.11 Å². The molecule has 1 aromatic rings. The van der Waals surface area contributed by atoms with Gasteiger partial charge >= 0.3 is 0 Å². The lowest BCUT2D eigenvalue weighted by atomic mass is 10.0. The maximum atomic E-state index is 9.96. The van der Waals surface area contributed by atoms with Crippen LogP contribution in [0.15, 0.2) is 30.2 Å². The summed E-state index contributed by atoms with van der Waals surface area (Å²) in [5, 5.41) is 12.7. The molecule has 0 aromatic heterocycles. The molecule has 2 nitrogen and oxygen atoms in total. The largest absolute Gasteiger partial charge is 0.387 e. The van der Waals surface area contributed by atoms with Gasteiger partial charge in [-0.15, -0.1) is 0 Å². The molecule has 0 unspecified atom stereocenters. The molecule has 0 bridgehead atoms. The van der Waals surface area contributed by atoms with Crippen LogP contribution >= 0.6 is 0 Å². The molecule has 0 saturated carbocycles. The van der Waals surface area contributed by atoms with Gasteiger partial charge in [0, 0.05) is 6.04 Å². The van der Waals surface area contributed by atoms with Crippen molar-refractivity contribution in [3.63, 3.8) is 0 Å². The van der Waals surface area contributed by atoms with Crippen molar-refractivity contribution in [2.45, 2.75) is 19.1 Å². The Kier molecular flexibility index (Phi) is 1.55. The standard InChI is InChI=1S/C10H15NO/c1-8(11-2)10(12)9-6-4-3-5-7-9/h3-8,10-12H,1-2H3/t8-,10-/m0/s1/i3D,4D,5D,6D,7D. The van der Waals surface area contributed by atoms with Crippen molar-refractivity contribution in [2.75, 3.05) is 7.05 Å². The fourth-order valence-electron chi connectivity index (χ4n) is 0.815. The van der Waals surface area contributed by atoms with Gasteiger partial charge in [0.15, 0.2) is 0 Å². The zero-order chi connectivity index (χ0) is 13.3. The van der Waals surface area contributed by atoms with E-state index in [4.69, 9.17) is 6.85 Å². The second-order valence-electron chi connectivity index (χ2n) is 2.56. The summed E-state index contributed by atoms with van der Waals surface area (Å²) in [5.41, 5.74) is -0.0714. The molecule has 0 saturated heterocycles. The van der Waals surface area contributed by atoms with Crippen LogP contribution in [0.3, 0.4) is 0 Å². The van der Waals surface area contributed by atoms with Gasteiger partial charge in [-0.3, -0.25) is 0 Å². The molecule has 0 heterocycles.